The number of nitrogens with one attached hydrogen (secondary N) is 2. The van der Waals surface area contributed by atoms with Crippen molar-refractivity contribution in [3.8, 4) is 0 Å². The summed E-state index contributed by atoms with van der Waals surface area (Å²) >= 11 is 0. The van der Waals surface area contributed by atoms with Crippen LogP contribution < -0.4 is 11.0 Å². The number of aromatic amines is 1. The van der Waals surface area contributed by atoms with E-state index in [9.17, 15) is 4.79 Å². The van der Waals surface area contributed by atoms with E-state index < -0.39 is 0 Å². The van der Waals surface area contributed by atoms with Gasteiger partial charge >= 0.3 is 5.69 Å². The summed E-state index contributed by atoms with van der Waals surface area (Å²) in [7, 11) is 0. The predicted octanol–water partition coefficient (Wildman–Crippen LogP) is 0.373. The molecule has 2 rings (SSSR count). The Morgan fingerprint density at radius 3 is 3.14 bits per heavy atom. The molecule has 1 aromatic rings. The molecule has 0 bridgehead atoms. The van der Waals surface area contributed by atoms with Crippen molar-refractivity contribution in [3.63, 3.8) is 0 Å². The molecule has 1 saturated heterocycles. The van der Waals surface area contributed by atoms with Crippen LogP contribution in [0.3, 0.4) is 0 Å². The topological polar surface area (TPSA) is 57.8 Å². The van der Waals surface area contributed by atoms with Crippen molar-refractivity contribution in [2.24, 2.45) is 0 Å². The lowest BCUT2D eigenvalue weighted by Crippen LogP contribution is -2.25. The van der Waals surface area contributed by atoms with E-state index in [1.807, 2.05) is 13.0 Å². The van der Waals surface area contributed by atoms with Crippen LogP contribution in [0.4, 0.5) is 0 Å². The lowest BCUT2D eigenvalue weighted by molar-refractivity contribution is 0.592. The Bertz CT molecular complexity index is 366. The molecular formula is C10H15N3O. The van der Waals surface area contributed by atoms with E-state index in [1.54, 1.807) is 0 Å². The molecule has 2 heterocycles. The maximum absolute atomic E-state index is 11.1. The van der Waals surface area contributed by atoms with E-state index in [0.29, 0.717) is 6.04 Å². The van der Waals surface area contributed by atoms with Crippen LogP contribution in [0.1, 0.15) is 24.2 Å². The van der Waals surface area contributed by atoms with Crippen molar-refractivity contribution in [2.45, 2.75) is 32.2 Å². The molecule has 1 unspecified atom stereocenters. The van der Waals surface area contributed by atoms with Crippen LogP contribution in [0.25, 0.3) is 0 Å². The fourth-order valence-electron chi connectivity index (χ4n) is 1.93. The zero-order valence-electron chi connectivity index (χ0n) is 8.34. The third kappa shape index (κ3) is 2.20. The Labute approximate surface area is 82.8 Å². The second-order valence-electron chi connectivity index (χ2n) is 3.86. The first-order valence-corrected chi connectivity index (χ1v) is 5.04. The standard InChI is InChI=1S/C10H15N3O/c1-7-5-9(13-10(14)12-7)6-8-3-2-4-11-8/h5,8,11H,2-4,6H2,1H3,(H,12,13,14). The first-order chi connectivity index (χ1) is 6.74. The minimum Gasteiger partial charge on any atom is -0.314 e. The van der Waals surface area contributed by atoms with Crippen LogP contribution in [0.2, 0.25) is 0 Å². The predicted molar refractivity (Wildman–Crippen MR) is 54.3 cm³/mol. The Hall–Kier alpha value is -1.16. The van der Waals surface area contributed by atoms with Crippen molar-refractivity contribution >= 4 is 0 Å². The molecule has 1 aliphatic heterocycles. The van der Waals surface area contributed by atoms with Crippen LogP contribution >= 0.6 is 0 Å². The highest BCUT2D eigenvalue weighted by molar-refractivity contribution is 5.08. The van der Waals surface area contributed by atoms with Gasteiger partial charge in [-0.1, -0.05) is 0 Å². The minimum atomic E-state index is -0.238. The van der Waals surface area contributed by atoms with E-state index in [2.05, 4.69) is 15.3 Å². The van der Waals surface area contributed by atoms with E-state index >= 15 is 0 Å². The van der Waals surface area contributed by atoms with Crippen LogP contribution in [-0.2, 0) is 6.42 Å². The summed E-state index contributed by atoms with van der Waals surface area (Å²) < 4.78 is 0. The summed E-state index contributed by atoms with van der Waals surface area (Å²) in [4.78, 5) is 17.7. The highest BCUT2D eigenvalue weighted by atomic mass is 16.1. The van der Waals surface area contributed by atoms with Gasteiger partial charge in [-0.15, -0.1) is 0 Å². The van der Waals surface area contributed by atoms with Gasteiger partial charge < -0.3 is 10.3 Å². The summed E-state index contributed by atoms with van der Waals surface area (Å²) in [5.41, 5.74) is 1.54. The van der Waals surface area contributed by atoms with E-state index in [4.69, 9.17) is 0 Å². The fraction of sp³-hybridized carbons (Fsp3) is 0.600. The summed E-state index contributed by atoms with van der Waals surface area (Å²) in [5.74, 6) is 0. The lowest BCUT2D eigenvalue weighted by atomic mass is 10.1. The number of H-pyrrole nitrogens is 1. The van der Waals surface area contributed by atoms with Gasteiger partial charge in [-0.2, -0.15) is 4.98 Å². The Morgan fingerprint density at radius 1 is 1.64 bits per heavy atom. The van der Waals surface area contributed by atoms with Crippen LogP contribution in [-0.4, -0.2) is 22.6 Å². The highest BCUT2D eigenvalue weighted by Crippen LogP contribution is 2.09. The van der Waals surface area contributed by atoms with E-state index in [-0.39, 0.29) is 5.69 Å². The molecule has 14 heavy (non-hydrogen) atoms. The first-order valence-electron chi connectivity index (χ1n) is 5.04. The number of hydrogen-bond donors (Lipinski definition) is 2. The second-order valence-corrected chi connectivity index (χ2v) is 3.86. The zero-order valence-corrected chi connectivity index (χ0v) is 8.34. The maximum Gasteiger partial charge on any atom is 0.345 e. The van der Waals surface area contributed by atoms with Crippen molar-refractivity contribution in [3.05, 3.63) is 27.9 Å². The number of nitrogens with zero attached hydrogens (tertiary/aromatic N) is 1. The van der Waals surface area contributed by atoms with Crippen LogP contribution in [0.5, 0.6) is 0 Å². The highest BCUT2D eigenvalue weighted by Gasteiger charge is 2.15. The van der Waals surface area contributed by atoms with Crippen LogP contribution in [0.15, 0.2) is 10.9 Å². The second kappa shape index (κ2) is 3.92. The third-order valence-electron chi connectivity index (χ3n) is 2.55. The van der Waals surface area contributed by atoms with E-state index in [0.717, 1.165) is 24.4 Å². The lowest BCUT2D eigenvalue weighted by Gasteiger charge is -2.08. The molecule has 1 atom stereocenters. The molecule has 4 heteroatoms. The van der Waals surface area contributed by atoms with Gasteiger partial charge in [-0.05, 0) is 32.4 Å². The van der Waals surface area contributed by atoms with Gasteiger partial charge in [0, 0.05) is 23.9 Å². The van der Waals surface area contributed by atoms with Gasteiger partial charge in [0.05, 0.1) is 0 Å². The normalized spacial score (nSPS) is 21.4. The molecule has 0 radical (unpaired) electrons. The molecule has 1 aliphatic rings. The Balaban J connectivity index is 2.11. The molecule has 76 valence electrons. The summed E-state index contributed by atoms with van der Waals surface area (Å²) in [6.07, 6.45) is 3.28. The maximum atomic E-state index is 11.1. The van der Waals surface area contributed by atoms with Gasteiger partial charge in [0.1, 0.15) is 0 Å². The van der Waals surface area contributed by atoms with Gasteiger partial charge in [0.15, 0.2) is 0 Å². The molecule has 0 amide bonds. The van der Waals surface area contributed by atoms with Crippen molar-refractivity contribution in [1.82, 2.24) is 15.3 Å². The van der Waals surface area contributed by atoms with Gasteiger partial charge in [-0.25, -0.2) is 4.79 Å². The summed E-state index contributed by atoms with van der Waals surface area (Å²) in [5, 5.41) is 3.39. The van der Waals surface area contributed by atoms with Crippen molar-refractivity contribution in [2.75, 3.05) is 6.54 Å². The van der Waals surface area contributed by atoms with Gasteiger partial charge in [0.2, 0.25) is 0 Å². The number of aryl methyl sites for hydroxylation is 1. The van der Waals surface area contributed by atoms with E-state index in [1.165, 1.54) is 12.8 Å². The molecule has 1 fully saturated rings. The van der Waals surface area contributed by atoms with Crippen molar-refractivity contribution in [1.29, 1.82) is 0 Å². The van der Waals surface area contributed by atoms with Gasteiger partial charge in [0.25, 0.3) is 0 Å². The number of hydrogen-bond acceptors (Lipinski definition) is 3. The smallest absolute Gasteiger partial charge is 0.314 e. The monoisotopic (exact) mass is 193 g/mol. The SMILES string of the molecule is Cc1cc(CC2CCCN2)nc(=O)[nH]1. The molecule has 0 aliphatic carbocycles. The summed E-state index contributed by atoms with van der Waals surface area (Å²) in [6, 6.07) is 2.45. The molecular weight excluding hydrogens is 178 g/mol. The molecule has 4 nitrogen and oxygen atoms in total. The average Bonchev–Trinajstić information content (AvgIpc) is 2.54. The zero-order chi connectivity index (χ0) is 9.97. The van der Waals surface area contributed by atoms with Gasteiger partial charge in [-0.3, -0.25) is 0 Å². The Kier molecular flexibility index (Phi) is 2.63. The first kappa shape index (κ1) is 9.40. The Morgan fingerprint density at radius 2 is 2.50 bits per heavy atom. The summed E-state index contributed by atoms with van der Waals surface area (Å²) in [6.45, 7) is 2.97. The molecule has 0 saturated carbocycles. The number of aromatic nitrogens is 2. The molecule has 0 aromatic carbocycles. The van der Waals surface area contributed by atoms with Crippen molar-refractivity contribution < 1.29 is 0 Å². The molecule has 2 N–H and O–H groups in total. The fourth-order valence-corrected chi connectivity index (χ4v) is 1.93. The van der Waals surface area contributed by atoms with Crippen LogP contribution in [0, 0.1) is 6.92 Å². The average molecular weight is 193 g/mol. The quantitative estimate of drug-likeness (QED) is 0.713. The largest absolute Gasteiger partial charge is 0.345 e. The minimum absolute atomic E-state index is 0.238. The molecule has 1 aromatic heterocycles. The molecule has 0 spiro atoms. The number of rotatable bonds is 2. The third-order valence-corrected chi connectivity index (χ3v) is 2.55.